The standard InChI is InChI=1S/C27H24F2N2O5/c1-16-6-3-4-7-20(16)21-10-9-17(12-19(21)15-34-2)27-30-26(31-36-27)18-13-22(28)25(29)23(14-18)35-11-5-8-24(32)33/h3-4,6-7,9-10,12-14H,5,8,11,15H2,1-2H3,(H,32,33). The molecule has 0 unspecified atom stereocenters. The van der Waals surface area contributed by atoms with E-state index in [9.17, 15) is 13.6 Å². The molecule has 0 radical (unpaired) electrons. The lowest BCUT2D eigenvalue weighted by Crippen LogP contribution is -2.04. The minimum Gasteiger partial charge on any atom is -0.490 e. The number of carboxylic acid groups (broad SMARTS) is 1. The number of hydrogen-bond donors (Lipinski definition) is 1. The van der Waals surface area contributed by atoms with Gasteiger partial charge in [-0.25, -0.2) is 4.39 Å². The van der Waals surface area contributed by atoms with Gasteiger partial charge >= 0.3 is 5.97 Å². The van der Waals surface area contributed by atoms with Gasteiger partial charge in [0.2, 0.25) is 11.6 Å². The zero-order valence-corrected chi connectivity index (χ0v) is 19.8. The summed E-state index contributed by atoms with van der Waals surface area (Å²) in [6.07, 6.45) is 0.000964. The Labute approximate surface area is 206 Å². The van der Waals surface area contributed by atoms with Crippen molar-refractivity contribution in [2.24, 2.45) is 0 Å². The fraction of sp³-hybridized carbons (Fsp3) is 0.222. The summed E-state index contributed by atoms with van der Waals surface area (Å²) in [5, 5.41) is 12.6. The van der Waals surface area contributed by atoms with Crippen LogP contribution in [0.2, 0.25) is 0 Å². The highest BCUT2D eigenvalue weighted by atomic mass is 19.2. The molecular formula is C27H24F2N2O5. The summed E-state index contributed by atoms with van der Waals surface area (Å²) in [7, 11) is 1.61. The Balaban J connectivity index is 1.62. The van der Waals surface area contributed by atoms with Crippen LogP contribution in [0.15, 0.2) is 59.1 Å². The number of ether oxygens (including phenoxy) is 2. The van der Waals surface area contributed by atoms with Crippen LogP contribution in [-0.4, -0.2) is 34.9 Å². The maximum absolute atomic E-state index is 14.2. The van der Waals surface area contributed by atoms with Gasteiger partial charge in [0.25, 0.3) is 5.89 Å². The fourth-order valence-electron chi connectivity index (χ4n) is 3.80. The largest absolute Gasteiger partial charge is 0.490 e. The average Bonchev–Trinajstić information content (AvgIpc) is 3.35. The van der Waals surface area contributed by atoms with Crippen molar-refractivity contribution < 1.29 is 32.7 Å². The van der Waals surface area contributed by atoms with Crippen LogP contribution in [0.25, 0.3) is 34.0 Å². The molecule has 0 aliphatic carbocycles. The number of aryl methyl sites for hydroxylation is 1. The minimum absolute atomic E-state index is 0.0514. The molecule has 0 amide bonds. The first kappa shape index (κ1) is 25.0. The Bertz CT molecular complexity index is 1390. The molecule has 0 aliphatic heterocycles. The number of benzene rings is 3. The smallest absolute Gasteiger partial charge is 0.303 e. The highest BCUT2D eigenvalue weighted by molar-refractivity contribution is 5.74. The molecule has 186 valence electrons. The third-order valence-electron chi connectivity index (χ3n) is 5.56. The first-order valence-corrected chi connectivity index (χ1v) is 11.2. The number of nitrogens with zero attached hydrogens (tertiary/aromatic N) is 2. The van der Waals surface area contributed by atoms with Gasteiger partial charge < -0.3 is 19.1 Å². The van der Waals surface area contributed by atoms with E-state index in [1.54, 1.807) is 7.11 Å². The van der Waals surface area contributed by atoms with Gasteiger partial charge in [-0.15, -0.1) is 0 Å². The number of methoxy groups -OCH3 is 1. The van der Waals surface area contributed by atoms with Crippen molar-refractivity contribution in [2.45, 2.75) is 26.4 Å². The summed E-state index contributed by atoms with van der Waals surface area (Å²) in [4.78, 5) is 15.0. The average molecular weight is 494 g/mol. The molecule has 0 aliphatic rings. The number of aromatic nitrogens is 2. The summed E-state index contributed by atoms with van der Waals surface area (Å²) in [6.45, 7) is 2.32. The molecule has 0 atom stereocenters. The molecule has 9 heteroatoms. The molecule has 3 aromatic carbocycles. The van der Waals surface area contributed by atoms with Crippen molar-refractivity contribution in [1.29, 1.82) is 0 Å². The Morgan fingerprint density at radius 1 is 1.06 bits per heavy atom. The van der Waals surface area contributed by atoms with Crippen molar-refractivity contribution in [3.63, 3.8) is 0 Å². The SMILES string of the molecule is COCc1cc(-c2nc(-c3cc(F)c(F)c(OCCCC(=O)O)c3)no2)ccc1-c1ccccc1C. The Morgan fingerprint density at radius 2 is 1.86 bits per heavy atom. The van der Waals surface area contributed by atoms with E-state index >= 15 is 0 Å². The van der Waals surface area contributed by atoms with E-state index in [-0.39, 0.29) is 42.5 Å². The zero-order valence-electron chi connectivity index (χ0n) is 19.8. The number of halogens is 2. The second kappa shape index (κ2) is 11.1. The van der Waals surface area contributed by atoms with E-state index in [0.717, 1.165) is 28.3 Å². The van der Waals surface area contributed by atoms with Crippen LogP contribution in [0.4, 0.5) is 8.78 Å². The lowest BCUT2D eigenvalue weighted by atomic mass is 9.94. The zero-order chi connectivity index (χ0) is 25.7. The van der Waals surface area contributed by atoms with Crippen molar-refractivity contribution in [2.75, 3.05) is 13.7 Å². The molecule has 1 N–H and O–H groups in total. The molecule has 7 nitrogen and oxygen atoms in total. The molecule has 4 aromatic rings. The van der Waals surface area contributed by atoms with Crippen molar-refractivity contribution in [3.05, 3.63) is 77.4 Å². The Hall–Kier alpha value is -4.11. The van der Waals surface area contributed by atoms with E-state index in [4.69, 9.17) is 19.1 Å². The molecule has 4 rings (SSSR count). The van der Waals surface area contributed by atoms with Crippen LogP contribution in [0.3, 0.4) is 0 Å². The third kappa shape index (κ3) is 5.58. The van der Waals surface area contributed by atoms with Gasteiger partial charge in [0.05, 0.1) is 13.2 Å². The highest BCUT2D eigenvalue weighted by Gasteiger charge is 2.18. The molecule has 0 bridgehead atoms. The van der Waals surface area contributed by atoms with Crippen molar-refractivity contribution >= 4 is 5.97 Å². The maximum Gasteiger partial charge on any atom is 0.303 e. The predicted octanol–water partition coefficient (Wildman–Crippen LogP) is 6.05. The van der Waals surface area contributed by atoms with Crippen LogP contribution in [-0.2, 0) is 16.1 Å². The van der Waals surface area contributed by atoms with Gasteiger partial charge in [-0.05, 0) is 59.9 Å². The van der Waals surface area contributed by atoms with E-state index in [1.807, 2.05) is 49.4 Å². The van der Waals surface area contributed by atoms with E-state index in [0.29, 0.717) is 12.2 Å². The Kier molecular flexibility index (Phi) is 7.70. The number of rotatable bonds is 10. The highest BCUT2D eigenvalue weighted by Crippen LogP contribution is 2.33. The summed E-state index contributed by atoms with van der Waals surface area (Å²) in [5.41, 5.74) is 4.95. The number of carbonyl (C=O) groups is 1. The summed E-state index contributed by atoms with van der Waals surface area (Å²) in [5.74, 6) is -3.42. The molecule has 1 aromatic heterocycles. The molecule has 0 spiro atoms. The summed E-state index contributed by atoms with van der Waals surface area (Å²) in [6, 6.07) is 15.9. The predicted molar refractivity (Wildman–Crippen MR) is 128 cm³/mol. The van der Waals surface area contributed by atoms with Crippen molar-refractivity contribution in [1.82, 2.24) is 10.1 Å². The first-order chi connectivity index (χ1) is 17.4. The van der Waals surface area contributed by atoms with Crippen LogP contribution >= 0.6 is 0 Å². The molecule has 36 heavy (non-hydrogen) atoms. The monoisotopic (exact) mass is 494 g/mol. The summed E-state index contributed by atoms with van der Waals surface area (Å²) >= 11 is 0. The molecule has 0 fully saturated rings. The van der Waals surface area contributed by atoms with Gasteiger partial charge in [0.15, 0.2) is 11.6 Å². The summed E-state index contributed by atoms with van der Waals surface area (Å²) < 4.78 is 44.5. The number of aliphatic carboxylic acids is 1. The minimum atomic E-state index is -1.17. The fourth-order valence-corrected chi connectivity index (χ4v) is 3.80. The Morgan fingerprint density at radius 3 is 2.61 bits per heavy atom. The number of carboxylic acids is 1. The first-order valence-electron chi connectivity index (χ1n) is 11.2. The van der Waals surface area contributed by atoms with E-state index < -0.39 is 17.6 Å². The van der Waals surface area contributed by atoms with Crippen LogP contribution in [0, 0.1) is 18.6 Å². The van der Waals surface area contributed by atoms with Crippen LogP contribution in [0.5, 0.6) is 5.75 Å². The van der Waals surface area contributed by atoms with Gasteiger partial charge in [-0.1, -0.05) is 35.5 Å². The quantitative estimate of drug-likeness (QED) is 0.268. The lowest BCUT2D eigenvalue weighted by Gasteiger charge is -2.12. The maximum atomic E-state index is 14.2. The molecule has 1 heterocycles. The molecule has 0 saturated heterocycles. The normalized spacial score (nSPS) is 11.0. The van der Waals surface area contributed by atoms with E-state index in [1.165, 1.54) is 6.07 Å². The van der Waals surface area contributed by atoms with Crippen LogP contribution < -0.4 is 4.74 Å². The van der Waals surface area contributed by atoms with Gasteiger partial charge in [0, 0.05) is 24.7 Å². The van der Waals surface area contributed by atoms with Crippen LogP contribution in [0.1, 0.15) is 24.0 Å². The molecular weight excluding hydrogens is 470 g/mol. The second-order valence-electron chi connectivity index (χ2n) is 8.16. The molecule has 0 saturated carbocycles. The number of hydrogen-bond acceptors (Lipinski definition) is 6. The van der Waals surface area contributed by atoms with Gasteiger partial charge in [0.1, 0.15) is 0 Å². The third-order valence-corrected chi connectivity index (χ3v) is 5.56. The lowest BCUT2D eigenvalue weighted by molar-refractivity contribution is -0.137. The van der Waals surface area contributed by atoms with E-state index in [2.05, 4.69) is 10.1 Å². The van der Waals surface area contributed by atoms with Crippen molar-refractivity contribution in [3.8, 4) is 39.7 Å². The topological polar surface area (TPSA) is 94.7 Å². The second-order valence-corrected chi connectivity index (χ2v) is 8.16. The van der Waals surface area contributed by atoms with Gasteiger partial charge in [-0.3, -0.25) is 4.79 Å². The van der Waals surface area contributed by atoms with Gasteiger partial charge in [-0.2, -0.15) is 9.37 Å².